The molecule has 14 heavy (non-hydrogen) atoms. The third-order valence-electron chi connectivity index (χ3n) is 0. The molecule has 0 bridgehead atoms. The van der Waals surface area contributed by atoms with Crippen LogP contribution in [0.4, 0.5) is 0 Å². The first-order chi connectivity index (χ1) is 5.20. The van der Waals surface area contributed by atoms with E-state index in [1.807, 2.05) is 0 Å². The van der Waals surface area contributed by atoms with E-state index >= 15 is 0 Å². The second-order valence-corrected chi connectivity index (χ2v) is 3.60. The van der Waals surface area contributed by atoms with Crippen molar-refractivity contribution < 1.29 is 36.6 Å². The van der Waals surface area contributed by atoms with Gasteiger partial charge in [-0.25, -0.2) is 0 Å². The van der Waals surface area contributed by atoms with Crippen molar-refractivity contribution in [3.05, 3.63) is 0 Å². The first-order valence-electron chi connectivity index (χ1n) is 1.60. The van der Waals surface area contributed by atoms with Crippen molar-refractivity contribution in [2.75, 3.05) is 0 Å². The van der Waals surface area contributed by atoms with Crippen LogP contribution in [0.1, 0.15) is 0 Å². The molecule has 0 spiro atoms. The van der Waals surface area contributed by atoms with E-state index in [4.69, 9.17) is 36.6 Å². The van der Waals surface area contributed by atoms with Gasteiger partial charge in [0, 0.05) is 0 Å². The predicted molar refractivity (Wildman–Crippen MR) is 54.8 cm³/mol. The van der Waals surface area contributed by atoms with Gasteiger partial charge in [0.2, 0.25) is 0 Å². The second kappa shape index (κ2) is 24.0. The predicted octanol–water partition coefficient (Wildman–Crippen LogP) is -4.72. The van der Waals surface area contributed by atoms with Gasteiger partial charge in [0.1, 0.15) is 0 Å². The van der Waals surface area contributed by atoms with Crippen LogP contribution < -0.4 is 0 Å². The van der Waals surface area contributed by atoms with Gasteiger partial charge < -0.3 is 0 Å². The molecule has 2 unspecified atom stereocenters. The molecule has 2 atom stereocenters. The molecule has 0 aliphatic carbocycles. The van der Waals surface area contributed by atoms with Crippen molar-refractivity contribution >= 4 is 63.3 Å². The number of rotatable bonds is 0. The van der Waals surface area contributed by atoms with Crippen LogP contribution >= 0.6 is 19.8 Å². The summed E-state index contributed by atoms with van der Waals surface area (Å²) >= 11 is -9.88. The van der Waals surface area contributed by atoms with Crippen molar-refractivity contribution in [2.24, 2.45) is 0 Å². The molecule has 0 heterocycles. The fourth-order valence-corrected chi connectivity index (χ4v) is 0. The van der Waals surface area contributed by atoms with Gasteiger partial charge >= 0.3 is 80.1 Å². The molecule has 94 valence electrons. The normalized spacial score (nSPS) is 7.50. The largest absolute Gasteiger partial charge is 0.153 e. The van der Waals surface area contributed by atoms with Crippen LogP contribution in [-0.2, 0) is 11.5 Å². The third-order valence-corrected chi connectivity index (χ3v) is 0. The van der Waals surface area contributed by atoms with Gasteiger partial charge in [0.15, 0.2) is 0 Å². The first kappa shape index (κ1) is 29.6. The summed E-state index contributed by atoms with van der Waals surface area (Å²) in [5.74, 6) is 0. The van der Waals surface area contributed by atoms with Crippen LogP contribution in [0.25, 0.3) is 0 Å². The van der Waals surface area contributed by atoms with E-state index in [9.17, 15) is 0 Å². The fraction of sp³-hybridized carbons (Fsp3) is 0. The Morgan fingerprint density at radius 3 is 0.500 bits per heavy atom. The van der Waals surface area contributed by atoms with Crippen molar-refractivity contribution in [3.63, 3.8) is 0 Å². The molecule has 0 saturated carbocycles. The van der Waals surface area contributed by atoms with Crippen LogP contribution in [0.3, 0.4) is 0 Å². The molecule has 6 N–H and O–H groups in total. The van der Waals surface area contributed by atoms with Gasteiger partial charge in [-0.05, 0) is 0 Å². The molecule has 0 amide bonds. The number of hydrogen-bond donors (Lipinski definition) is 6. The Balaban J connectivity index is -0.0000000270. The van der Waals surface area contributed by atoms with Gasteiger partial charge in [0.05, 0.1) is 0 Å². The molecule has 9 nitrogen and oxygen atoms in total. The van der Waals surface area contributed by atoms with Gasteiger partial charge in [0.25, 0.3) is 0 Å². The number of hydrogen-bond acceptors (Lipinski definition) is 3. The van der Waals surface area contributed by atoms with Gasteiger partial charge in [-0.3, -0.25) is 0 Å². The maximum atomic E-state index is 8.76. The quantitative estimate of drug-likeness (QED) is 0.155. The van der Waals surface area contributed by atoms with E-state index in [1.54, 1.807) is 0 Å². The molecule has 0 aromatic rings. The van der Waals surface area contributed by atoms with Crippen molar-refractivity contribution in [3.8, 4) is 0 Å². The van der Waals surface area contributed by atoms with E-state index in [0.717, 1.165) is 0 Å². The summed E-state index contributed by atoms with van der Waals surface area (Å²) in [5.41, 5.74) is 0. The molecule has 14 heteroatoms. The minimum atomic E-state index is -3.29. The Kier molecular flexibility index (Phi) is 50.8. The summed E-state index contributed by atoms with van der Waals surface area (Å²) in [6.07, 6.45) is 0. The maximum absolute atomic E-state index is 8.76. The van der Waals surface area contributed by atoms with E-state index in [1.165, 1.54) is 0 Å². The molecular formula is H12O9P2Se3. The van der Waals surface area contributed by atoms with E-state index in [2.05, 4.69) is 0 Å². The Morgan fingerprint density at radius 1 is 0.500 bits per heavy atom. The smallest absolute Gasteiger partial charge is 0.153 e. The van der Waals surface area contributed by atoms with Gasteiger partial charge in [-0.1, -0.05) is 0 Å². The standard InChI is InChI=1S/3H2O3Se.2H3P/c3*1-4(2)3;;/h3*(H2,1,2,3);2*1H3. The van der Waals surface area contributed by atoms with E-state index in [-0.39, 0.29) is 19.8 Å². The third kappa shape index (κ3) is 862. The molecular weight excluding hydrogens is 443 g/mol. The SMILES string of the molecule is O=[Se](O)O.O=[Se](O)O.O=[Se](O)O.P.P. The molecule has 0 radical (unpaired) electrons. The molecule has 0 aromatic carbocycles. The zero-order chi connectivity index (χ0) is 10.7. The monoisotopic (exact) mass is 458 g/mol. The van der Waals surface area contributed by atoms with Crippen LogP contribution in [0.5, 0.6) is 0 Å². The average Bonchev–Trinajstić information content (AvgIpc) is 1.54. The van der Waals surface area contributed by atoms with Crippen molar-refractivity contribution in [1.29, 1.82) is 0 Å². The minimum Gasteiger partial charge on any atom is -0.153 e. The van der Waals surface area contributed by atoms with Crippen LogP contribution in [0.15, 0.2) is 0 Å². The Labute approximate surface area is 99.6 Å². The summed E-state index contributed by atoms with van der Waals surface area (Å²) < 4.78 is 69.4. The topological polar surface area (TPSA) is 173 Å². The molecule has 0 saturated heterocycles. The maximum Gasteiger partial charge on any atom is -0.153 e. The second-order valence-electron chi connectivity index (χ2n) is 0.692. The Morgan fingerprint density at radius 2 is 0.500 bits per heavy atom. The van der Waals surface area contributed by atoms with Gasteiger partial charge in [-0.15, -0.1) is 0 Å². The van der Waals surface area contributed by atoms with E-state index in [0.29, 0.717) is 0 Å². The van der Waals surface area contributed by atoms with Crippen molar-refractivity contribution in [2.45, 2.75) is 0 Å². The zero-order valence-electron chi connectivity index (χ0n) is 6.55. The first-order valence-corrected chi connectivity index (χ1v) is 8.29. The molecule has 0 aliphatic heterocycles. The van der Waals surface area contributed by atoms with Gasteiger partial charge in [-0.2, -0.15) is 19.8 Å². The molecule has 0 aromatic heterocycles. The summed E-state index contributed by atoms with van der Waals surface area (Å²) in [7, 11) is 0. The summed E-state index contributed by atoms with van der Waals surface area (Å²) in [4.78, 5) is 0. The Hall–Kier alpha value is 1.58. The molecule has 0 fully saturated rings. The summed E-state index contributed by atoms with van der Waals surface area (Å²) in [5, 5.41) is 0. The van der Waals surface area contributed by atoms with Crippen LogP contribution in [-0.4, -0.2) is 68.6 Å². The fourth-order valence-electron chi connectivity index (χ4n) is 0. The minimum absolute atomic E-state index is 0. The van der Waals surface area contributed by atoms with E-state index < -0.39 is 43.5 Å². The summed E-state index contributed by atoms with van der Waals surface area (Å²) in [6.45, 7) is 0. The molecule has 0 aliphatic rings. The van der Waals surface area contributed by atoms with Crippen LogP contribution in [0, 0.1) is 0 Å². The van der Waals surface area contributed by atoms with Crippen molar-refractivity contribution in [1.82, 2.24) is 0 Å². The Bertz CT molecular complexity index is 116. The molecule has 0 rings (SSSR count). The summed E-state index contributed by atoms with van der Waals surface area (Å²) in [6, 6.07) is 0. The van der Waals surface area contributed by atoms with Crippen LogP contribution in [0.2, 0.25) is 0 Å². The average molecular weight is 455 g/mol. The zero-order valence-corrected chi connectivity index (χ0v) is 14.5.